The maximum Gasteiger partial charge on any atom is 0.481 e. The van der Waals surface area contributed by atoms with Crippen molar-refractivity contribution in [2.45, 2.75) is 148 Å². The molecule has 15 heteroatoms. The van der Waals surface area contributed by atoms with Crippen molar-refractivity contribution in [3.63, 3.8) is 0 Å². The van der Waals surface area contributed by atoms with E-state index in [1.165, 1.54) is 15.9 Å². The molecule has 1 aromatic carbocycles. The van der Waals surface area contributed by atoms with Crippen molar-refractivity contribution in [1.29, 1.82) is 0 Å². The van der Waals surface area contributed by atoms with E-state index in [0.29, 0.717) is 23.0 Å². The van der Waals surface area contributed by atoms with Gasteiger partial charge in [-0.2, -0.15) is 0 Å². The predicted octanol–water partition coefficient (Wildman–Crippen LogP) is 4.47. The Balaban J connectivity index is 1.09. The van der Waals surface area contributed by atoms with Gasteiger partial charge < -0.3 is 39.4 Å². The van der Waals surface area contributed by atoms with E-state index in [1.807, 2.05) is 20.8 Å². The van der Waals surface area contributed by atoms with Crippen LogP contribution in [0.15, 0.2) is 18.2 Å². The maximum absolute atomic E-state index is 14.5. The quantitative estimate of drug-likeness (QED) is 0.310. The van der Waals surface area contributed by atoms with Crippen LogP contribution in [-0.2, 0) is 41.5 Å². The smallest absolute Gasteiger partial charge is 0.446 e. The molecular formula is C39H56BFN4O9. The third-order valence-corrected chi connectivity index (χ3v) is 13.3. The molecule has 6 fully saturated rings. The fraction of sp³-hybridized carbons (Fsp3) is 0.744. The van der Waals surface area contributed by atoms with Crippen LogP contribution < -0.4 is 10.6 Å². The van der Waals surface area contributed by atoms with Crippen molar-refractivity contribution in [3.05, 3.63) is 35.1 Å². The molecule has 0 radical (unpaired) electrons. The first-order chi connectivity index (χ1) is 25.5. The molecule has 296 valence electrons. The number of halogens is 1. The minimum atomic E-state index is -1.09. The van der Waals surface area contributed by atoms with Gasteiger partial charge in [0.1, 0.15) is 30.1 Å². The van der Waals surface area contributed by atoms with E-state index >= 15 is 0 Å². The maximum atomic E-state index is 14.5. The summed E-state index contributed by atoms with van der Waals surface area (Å²) < 4.78 is 39.2. The molecule has 13 nitrogen and oxygen atoms in total. The van der Waals surface area contributed by atoms with E-state index in [0.717, 1.165) is 38.5 Å². The highest BCUT2D eigenvalue weighted by molar-refractivity contribution is 6.48. The van der Waals surface area contributed by atoms with Gasteiger partial charge in [-0.25, -0.2) is 14.0 Å². The number of hydrogen-bond donors (Lipinski definition) is 3. The first kappa shape index (κ1) is 38.8. The van der Waals surface area contributed by atoms with Gasteiger partial charge in [-0.1, -0.05) is 46.8 Å². The molecule has 54 heavy (non-hydrogen) atoms. The summed E-state index contributed by atoms with van der Waals surface area (Å²) in [6, 6.07) is 2.55. The van der Waals surface area contributed by atoms with Gasteiger partial charge in [0.05, 0.1) is 30.7 Å². The molecule has 7 aliphatic rings. The van der Waals surface area contributed by atoms with Crippen molar-refractivity contribution in [2.75, 3.05) is 13.2 Å². The van der Waals surface area contributed by atoms with Gasteiger partial charge in [0.15, 0.2) is 0 Å². The summed E-state index contributed by atoms with van der Waals surface area (Å²) in [4.78, 5) is 58.2. The summed E-state index contributed by atoms with van der Waals surface area (Å²) in [5, 5.41) is 15.9. The first-order valence-electron chi connectivity index (χ1n) is 19.7. The lowest BCUT2D eigenvalue weighted by Crippen LogP contribution is -2.65. The lowest BCUT2D eigenvalue weighted by Gasteiger charge is -2.64. The average Bonchev–Trinajstić information content (AvgIpc) is 3.91. The Bertz CT molecular complexity index is 1630. The van der Waals surface area contributed by atoms with Gasteiger partial charge in [-0.05, 0) is 86.2 Å². The topological polar surface area (TPSA) is 156 Å². The zero-order chi connectivity index (χ0) is 38.7. The molecule has 1 aromatic rings. The molecule has 4 saturated carbocycles. The molecule has 4 amide bonds. The van der Waals surface area contributed by atoms with Gasteiger partial charge in [-0.15, -0.1) is 0 Å². The number of likely N-dealkylation sites (tertiary alicyclic amines) is 1. The summed E-state index contributed by atoms with van der Waals surface area (Å²) in [7, 11) is -0.808. The van der Waals surface area contributed by atoms with Crippen LogP contribution in [-0.4, -0.2) is 101 Å². The number of rotatable bonds is 9. The number of aliphatic hydroxyl groups is 1. The summed E-state index contributed by atoms with van der Waals surface area (Å²) >= 11 is 0. The van der Waals surface area contributed by atoms with Crippen molar-refractivity contribution in [3.8, 4) is 0 Å². The van der Waals surface area contributed by atoms with Gasteiger partial charge in [0.25, 0.3) is 0 Å². The number of nitrogens with one attached hydrogen (secondary N) is 2. The Morgan fingerprint density at radius 3 is 2.44 bits per heavy atom. The number of amides is 4. The lowest BCUT2D eigenvalue weighted by molar-refractivity contribution is -0.199. The monoisotopic (exact) mass is 754 g/mol. The molecule has 2 saturated heterocycles. The largest absolute Gasteiger partial charge is 0.481 e. The molecular weight excluding hydrogens is 698 g/mol. The second-order valence-electron chi connectivity index (χ2n) is 18.2. The summed E-state index contributed by atoms with van der Waals surface area (Å²) in [5.41, 5.74) is -0.0786. The number of aliphatic hydroxyl groups excluding tert-OH is 1. The second-order valence-corrected chi connectivity index (χ2v) is 18.2. The van der Waals surface area contributed by atoms with E-state index in [-0.39, 0.29) is 56.7 Å². The minimum absolute atomic E-state index is 0.0155. The molecule has 8 atom stereocenters. The summed E-state index contributed by atoms with van der Waals surface area (Å²) in [6.07, 6.45) is 2.90. The number of alkyl carbamates (subject to hydrolysis) is 1. The molecule has 0 spiro atoms. The number of benzene rings is 1. The van der Waals surface area contributed by atoms with Crippen LogP contribution in [0.3, 0.4) is 0 Å². The number of carbonyl (C=O) groups is 4. The Morgan fingerprint density at radius 1 is 1.04 bits per heavy atom. The van der Waals surface area contributed by atoms with Crippen LogP contribution in [0.2, 0.25) is 0 Å². The van der Waals surface area contributed by atoms with Crippen molar-refractivity contribution < 1.29 is 47.5 Å². The fourth-order valence-electron chi connectivity index (χ4n) is 9.99. The van der Waals surface area contributed by atoms with Crippen LogP contribution in [0.4, 0.5) is 14.0 Å². The molecule has 8 rings (SSSR count). The zero-order valence-corrected chi connectivity index (χ0v) is 32.4. The highest BCUT2D eigenvalue weighted by Gasteiger charge is 2.68. The molecule has 4 aliphatic carbocycles. The van der Waals surface area contributed by atoms with Crippen LogP contribution in [0.25, 0.3) is 0 Å². The Morgan fingerprint density at radius 2 is 1.78 bits per heavy atom. The molecule has 3 aliphatic heterocycles. The van der Waals surface area contributed by atoms with Crippen molar-refractivity contribution >= 4 is 31.1 Å². The van der Waals surface area contributed by atoms with E-state index in [2.05, 4.69) is 31.4 Å². The van der Waals surface area contributed by atoms with Crippen LogP contribution in [0.5, 0.6) is 0 Å². The molecule has 3 N–H and O–H groups in total. The zero-order valence-electron chi connectivity index (χ0n) is 32.4. The minimum Gasteiger partial charge on any atom is -0.446 e. The number of nitrogens with zero attached hydrogens (tertiary/aromatic N) is 2. The second kappa shape index (κ2) is 14.6. The van der Waals surface area contributed by atoms with E-state index in [9.17, 15) is 28.7 Å². The van der Waals surface area contributed by atoms with E-state index in [4.69, 9.17) is 18.8 Å². The molecule has 3 heterocycles. The first-order valence-corrected chi connectivity index (χ1v) is 19.7. The van der Waals surface area contributed by atoms with Gasteiger partial charge >= 0.3 is 19.3 Å². The standard InChI is InChI=1S/C39H56BFN4O9/c1-37(2,3)32(43-35(49)51-24-11-7-8-12-24)34(48)45-20-25(52-36(50)44-19-22-10-9-13-27(41)26(22)21-44)18-28(45)33(47)42-31(14-15-46)40-53-30-17-23-16-29(38(23,4)5)39(30,6)54-40/h9-10,13,23-25,28-32,46H,7-8,11-12,14-21H2,1-6H3,(H,42,47)(H,43,49)/t23-,25+,28-,29-,30+,31?,32+,39-/m0/s1. The van der Waals surface area contributed by atoms with E-state index in [1.54, 1.807) is 12.1 Å². The number of ether oxygens (including phenoxy) is 2. The third-order valence-electron chi connectivity index (χ3n) is 13.3. The highest BCUT2D eigenvalue weighted by atomic mass is 19.1. The normalized spacial score (nSPS) is 31.0. The van der Waals surface area contributed by atoms with E-state index < -0.39 is 72.1 Å². The number of carbonyl (C=O) groups excluding carboxylic acids is 4. The average molecular weight is 755 g/mol. The summed E-state index contributed by atoms with van der Waals surface area (Å²) in [5.74, 6) is -1.34. The Kier molecular flexibility index (Phi) is 10.5. The summed E-state index contributed by atoms with van der Waals surface area (Å²) in [6.45, 7) is 11.9. The fourth-order valence-corrected chi connectivity index (χ4v) is 9.99. The Labute approximate surface area is 317 Å². The van der Waals surface area contributed by atoms with Gasteiger partial charge in [0.2, 0.25) is 11.8 Å². The van der Waals surface area contributed by atoms with Gasteiger partial charge in [0, 0.05) is 25.1 Å². The highest BCUT2D eigenvalue weighted by Crippen LogP contribution is 2.65. The predicted molar refractivity (Wildman–Crippen MR) is 195 cm³/mol. The number of hydrogen-bond acceptors (Lipinski definition) is 9. The third kappa shape index (κ3) is 7.20. The Hall–Kier alpha value is -3.43. The lowest BCUT2D eigenvalue weighted by atomic mass is 9.43. The van der Waals surface area contributed by atoms with Gasteiger partial charge in [-0.3, -0.25) is 14.5 Å². The van der Waals surface area contributed by atoms with Crippen LogP contribution in [0.1, 0.15) is 104 Å². The molecule has 2 bridgehead atoms. The number of fused-ring (bicyclic) bond motifs is 1. The SMILES string of the molecule is CC(C)(C)[C@H](NC(=O)OC1CCCC1)C(=O)N1C[C@H](OC(=O)N2Cc3cccc(F)c3C2)C[C@H]1C(=O)NC(CCO)B1O[C@@H]2C[C@@H]3C[C@@H](C3(C)C)[C@]2(C)O1. The van der Waals surface area contributed by atoms with Crippen molar-refractivity contribution in [2.24, 2.45) is 22.7 Å². The van der Waals surface area contributed by atoms with Crippen LogP contribution >= 0.6 is 0 Å². The molecule has 0 aromatic heterocycles. The van der Waals surface area contributed by atoms with Crippen molar-refractivity contribution in [1.82, 2.24) is 20.4 Å². The van der Waals surface area contributed by atoms with Crippen LogP contribution in [0, 0.1) is 28.5 Å². The molecule has 1 unspecified atom stereocenters.